The van der Waals surface area contributed by atoms with Gasteiger partial charge in [0.25, 0.3) is 0 Å². The Morgan fingerprint density at radius 2 is 1.62 bits per heavy atom. The third-order valence-electron chi connectivity index (χ3n) is 3.27. The van der Waals surface area contributed by atoms with Crippen LogP contribution in [-0.2, 0) is 0 Å². The molecule has 0 spiro atoms. The van der Waals surface area contributed by atoms with Crippen molar-refractivity contribution in [3.8, 4) is 0 Å². The molecule has 0 saturated carbocycles. The van der Waals surface area contributed by atoms with Gasteiger partial charge in [0.05, 0.1) is 10.8 Å². The fourth-order valence-electron chi connectivity index (χ4n) is 2.15. The molecule has 3 heteroatoms. The van der Waals surface area contributed by atoms with Crippen molar-refractivity contribution in [2.75, 3.05) is 5.75 Å². The Balaban J connectivity index is 1.76. The van der Waals surface area contributed by atoms with Crippen molar-refractivity contribution in [1.29, 1.82) is 0 Å². The average Bonchev–Trinajstić information content (AvgIpc) is 2.53. The highest BCUT2D eigenvalue weighted by Gasteiger charge is 2.08. The molecule has 1 nitrogen and oxygen atoms in total. The van der Waals surface area contributed by atoms with Gasteiger partial charge >= 0.3 is 0 Å². The quantitative estimate of drug-likeness (QED) is 0.469. The molecule has 0 atom stereocenters. The van der Waals surface area contributed by atoms with E-state index in [2.05, 4.69) is 0 Å². The Kier molecular flexibility index (Phi) is 4.28. The number of hydrogen-bond acceptors (Lipinski definition) is 2. The lowest BCUT2D eigenvalue weighted by Crippen LogP contribution is -2.02. The van der Waals surface area contributed by atoms with Crippen LogP contribution in [0, 0.1) is 0 Å². The molecule has 21 heavy (non-hydrogen) atoms. The molecule has 0 aliphatic carbocycles. The lowest BCUT2D eigenvalue weighted by Gasteiger charge is -2.05. The highest BCUT2D eigenvalue weighted by Crippen LogP contribution is 2.27. The predicted octanol–water partition coefficient (Wildman–Crippen LogP) is 5.47. The monoisotopic (exact) mass is 312 g/mol. The summed E-state index contributed by atoms with van der Waals surface area (Å²) in [4.78, 5) is 13.2. The van der Waals surface area contributed by atoms with Crippen molar-refractivity contribution in [3.63, 3.8) is 0 Å². The summed E-state index contributed by atoms with van der Waals surface area (Å²) in [5, 5.41) is 2.92. The van der Waals surface area contributed by atoms with Gasteiger partial charge in [-0.2, -0.15) is 0 Å². The minimum absolute atomic E-state index is 0.116. The average molecular weight is 313 g/mol. The first-order valence-corrected chi connectivity index (χ1v) is 8.00. The zero-order chi connectivity index (χ0) is 14.7. The summed E-state index contributed by atoms with van der Waals surface area (Å²) in [6, 6.07) is 21.4. The summed E-state index contributed by atoms with van der Waals surface area (Å²) in [5.41, 5.74) is 0.744. The smallest absolute Gasteiger partial charge is 0.173 e. The van der Waals surface area contributed by atoms with Gasteiger partial charge in [-0.25, -0.2) is 0 Å². The summed E-state index contributed by atoms with van der Waals surface area (Å²) in [6.07, 6.45) is 0. The predicted molar refractivity (Wildman–Crippen MR) is 90.5 cm³/mol. The van der Waals surface area contributed by atoms with E-state index >= 15 is 0 Å². The van der Waals surface area contributed by atoms with Gasteiger partial charge in [0, 0.05) is 10.5 Å². The zero-order valence-corrected chi connectivity index (χ0v) is 12.8. The summed E-state index contributed by atoms with van der Waals surface area (Å²) in [6.45, 7) is 0. The first-order chi connectivity index (χ1) is 10.2. The van der Waals surface area contributed by atoms with Gasteiger partial charge < -0.3 is 0 Å². The summed E-state index contributed by atoms with van der Waals surface area (Å²) >= 11 is 7.57. The first-order valence-electron chi connectivity index (χ1n) is 6.63. The maximum Gasteiger partial charge on any atom is 0.173 e. The van der Waals surface area contributed by atoms with Crippen molar-refractivity contribution < 1.29 is 4.79 Å². The number of rotatable bonds is 4. The van der Waals surface area contributed by atoms with E-state index in [9.17, 15) is 4.79 Å². The highest BCUT2D eigenvalue weighted by molar-refractivity contribution is 8.00. The Morgan fingerprint density at radius 3 is 2.43 bits per heavy atom. The van der Waals surface area contributed by atoms with Crippen LogP contribution in [0.15, 0.2) is 71.6 Å². The second-order valence-corrected chi connectivity index (χ2v) is 6.13. The van der Waals surface area contributed by atoms with Crippen molar-refractivity contribution >= 4 is 39.9 Å². The molecule has 3 rings (SSSR count). The molecule has 0 heterocycles. The van der Waals surface area contributed by atoms with Crippen LogP contribution < -0.4 is 0 Å². The number of halogens is 1. The number of benzene rings is 3. The number of carbonyl (C=O) groups excluding carboxylic acids is 1. The number of thioether (sulfide) groups is 1. The molecule has 0 saturated heterocycles. The molecule has 0 amide bonds. The molecule has 0 aliphatic heterocycles. The largest absolute Gasteiger partial charge is 0.293 e. The molecule has 0 N–H and O–H groups in total. The van der Waals surface area contributed by atoms with Crippen molar-refractivity contribution in [2.24, 2.45) is 0 Å². The topological polar surface area (TPSA) is 17.1 Å². The molecule has 0 unspecified atom stereocenters. The standard InChI is InChI=1S/C18H13ClOS/c19-16-7-3-4-8-18(16)21-12-17(20)15-10-9-13-5-1-2-6-14(13)11-15/h1-11H,12H2. The molecular formula is C18H13ClOS. The van der Waals surface area contributed by atoms with Gasteiger partial charge in [0.15, 0.2) is 5.78 Å². The van der Waals surface area contributed by atoms with E-state index in [1.807, 2.05) is 66.7 Å². The minimum atomic E-state index is 0.116. The van der Waals surface area contributed by atoms with E-state index in [0.717, 1.165) is 21.2 Å². The lowest BCUT2D eigenvalue weighted by atomic mass is 10.1. The van der Waals surface area contributed by atoms with E-state index in [1.165, 1.54) is 11.8 Å². The normalized spacial score (nSPS) is 10.7. The van der Waals surface area contributed by atoms with Crippen molar-refractivity contribution in [3.05, 3.63) is 77.3 Å². The number of Topliss-reactive ketones (excluding diaryl/α,β-unsaturated/α-hetero) is 1. The fourth-order valence-corrected chi connectivity index (χ4v) is 3.28. The maximum absolute atomic E-state index is 12.3. The van der Waals surface area contributed by atoms with Gasteiger partial charge in [0.2, 0.25) is 0 Å². The minimum Gasteiger partial charge on any atom is -0.293 e. The van der Waals surface area contributed by atoms with E-state index < -0.39 is 0 Å². The van der Waals surface area contributed by atoms with Crippen LogP contribution >= 0.6 is 23.4 Å². The number of fused-ring (bicyclic) bond motifs is 1. The Hall–Kier alpha value is -1.77. The van der Waals surface area contributed by atoms with Gasteiger partial charge in [-0.1, -0.05) is 60.1 Å². The van der Waals surface area contributed by atoms with E-state index in [4.69, 9.17) is 11.6 Å². The summed E-state index contributed by atoms with van der Waals surface area (Å²) < 4.78 is 0. The molecule has 3 aromatic carbocycles. The Labute approximate surface area is 132 Å². The molecule has 0 aliphatic rings. The summed E-state index contributed by atoms with van der Waals surface area (Å²) in [7, 11) is 0. The number of hydrogen-bond donors (Lipinski definition) is 0. The SMILES string of the molecule is O=C(CSc1ccccc1Cl)c1ccc2ccccc2c1. The molecule has 0 fully saturated rings. The van der Waals surface area contributed by atoms with Gasteiger partial charge in [-0.05, 0) is 29.0 Å². The fraction of sp³-hybridized carbons (Fsp3) is 0.0556. The van der Waals surface area contributed by atoms with E-state index in [1.54, 1.807) is 0 Å². The van der Waals surface area contributed by atoms with Crippen LogP contribution in [0.4, 0.5) is 0 Å². The number of ketones is 1. The molecule has 0 bridgehead atoms. The Bertz CT molecular complexity index is 798. The third-order valence-corrected chi connectivity index (χ3v) is 4.78. The van der Waals surface area contributed by atoms with Crippen LogP contribution in [0.1, 0.15) is 10.4 Å². The maximum atomic E-state index is 12.3. The van der Waals surface area contributed by atoms with E-state index in [0.29, 0.717) is 10.8 Å². The van der Waals surface area contributed by atoms with Gasteiger partial charge in [-0.15, -0.1) is 11.8 Å². The zero-order valence-electron chi connectivity index (χ0n) is 11.3. The molecule has 0 aromatic heterocycles. The third kappa shape index (κ3) is 3.29. The van der Waals surface area contributed by atoms with Crippen molar-refractivity contribution in [2.45, 2.75) is 4.90 Å². The molecule has 0 radical (unpaired) electrons. The van der Waals surface area contributed by atoms with Gasteiger partial charge in [-0.3, -0.25) is 4.79 Å². The second kappa shape index (κ2) is 6.33. The van der Waals surface area contributed by atoms with Crippen molar-refractivity contribution in [1.82, 2.24) is 0 Å². The van der Waals surface area contributed by atoms with Crippen LogP contribution in [0.25, 0.3) is 10.8 Å². The number of carbonyl (C=O) groups is 1. The molecule has 104 valence electrons. The molecular weight excluding hydrogens is 300 g/mol. The van der Waals surface area contributed by atoms with Crippen LogP contribution in [0.2, 0.25) is 5.02 Å². The second-order valence-electron chi connectivity index (χ2n) is 4.70. The molecule has 3 aromatic rings. The van der Waals surface area contributed by atoms with Gasteiger partial charge in [0.1, 0.15) is 0 Å². The first kappa shape index (κ1) is 14.2. The van der Waals surface area contributed by atoms with Crippen LogP contribution in [-0.4, -0.2) is 11.5 Å². The van der Waals surface area contributed by atoms with Crippen LogP contribution in [0.3, 0.4) is 0 Å². The Morgan fingerprint density at radius 1 is 0.905 bits per heavy atom. The lowest BCUT2D eigenvalue weighted by molar-refractivity contribution is 0.102. The van der Waals surface area contributed by atoms with E-state index in [-0.39, 0.29) is 5.78 Å². The highest BCUT2D eigenvalue weighted by atomic mass is 35.5. The summed E-state index contributed by atoms with van der Waals surface area (Å²) in [5.74, 6) is 0.507. The van der Waals surface area contributed by atoms with Crippen LogP contribution in [0.5, 0.6) is 0 Å².